The molecule has 6 heteroatoms. The molecule has 0 amide bonds. The smallest absolute Gasteiger partial charge is 0.231 e. The number of benzene rings is 1. The van der Waals surface area contributed by atoms with Crippen molar-refractivity contribution < 1.29 is 14.2 Å². The number of rotatable bonds is 6. The van der Waals surface area contributed by atoms with Gasteiger partial charge in [-0.15, -0.1) is 11.3 Å². The van der Waals surface area contributed by atoms with Crippen LogP contribution in [0.25, 0.3) is 0 Å². The van der Waals surface area contributed by atoms with Gasteiger partial charge in [0, 0.05) is 17.8 Å². The third-order valence-electron chi connectivity index (χ3n) is 4.70. The average Bonchev–Trinajstić information content (AvgIpc) is 3.28. The average molecular weight is 424 g/mol. The van der Waals surface area contributed by atoms with Crippen LogP contribution in [0.3, 0.4) is 0 Å². The molecule has 3 heterocycles. The molecule has 1 fully saturated rings. The molecule has 1 unspecified atom stereocenters. The number of thiophene rings is 1. The minimum absolute atomic E-state index is 0.0222. The van der Waals surface area contributed by atoms with Gasteiger partial charge in [-0.1, -0.05) is 12.5 Å². The van der Waals surface area contributed by atoms with Gasteiger partial charge in [0.25, 0.3) is 0 Å². The van der Waals surface area contributed by atoms with E-state index in [4.69, 9.17) is 14.2 Å². The fraction of sp³-hybridized carbons (Fsp3) is 0.474. The number of piperidine rings is 1. The summed E-state index contributed by atoms with van der Waals surface area (Å²) in [6, 6.07) is 10.1. The number of hydrogen-bond acceptors (Lipinski definition) is 5. The van der Waals surface area contributed by atoms with Crippen LogP contribution in [0.2, 0.25) is 0 Å². The lowest BCUT2D eigenvalue weighted by Gasteiger charge is -2.28. The van der Waals surface area contributed by atoms with E-state index in [9.17, 15) is 0 Å². The predicted molar refractivity (Wildman–Crippen MR) is 103 cm³/mol. The van der Waals surface area contributed by atoms with Crippen molar-refractivity contribution in [2.24, 2.45) is 0 Å². The highest BCUT2D eigenvalue weighted by atomic mass is 79.9. The molecule has 1 atom stereocenters. The van der Waals surface area contributed by atoms with Gasteiger partial charge in [0.15, 0.2) is 11.5 Å². The Labute approximate surface area is 160 Å². The van der Waals surface area contributed by atoms with Gasteiger partial charge < -0.3 is 19.1 Å². The summed E-state index contributed by atoms with van der Waals surface area (Å²) >= 11 is 5.31. The minimum Gasteiger partial charge on any atom is -0.481 e. The standard InChI is InChI=1S/C19H22BrNO3S/c20-18-8-7-17(25-18)14(9-12-21-10-2-1-3-11-21)24-16-6-4-5-15-19(16)23-13-22-15/h4-8,14H,1-3,9-13H2. The number of halogens is 1. The van der Waals surface area contributed by atoms with Crippen molar-refractivity contribution in [2.45, 2.75) is 31.8 Å². The maximum Gasteiger partial charge on any atom is 0.231 e. The molecule has 1 aromatic heterocycles. The Morgan fingerprint density at radius 3 is 2.80 bits per heavy atom. The number of ether oxygens (including phenoxy) is 3. The van der Waals surface area contributed by atoms with Crippen LogP contribution in [-0.2, 0) is 0 Å². The highest BCUT2D eigenvalue weighted by Crippen LogP contribution is 2.43. The largest absolute Gasteiger partial charge is 0.481 e. The molecule has 2 aliphatic rings. The number of fused-ring (bicyclic) bond motifs is 1. The Morgan fingerprint density at radius 2 is 2.00 bits per heavy atom. The van der Waals surface area contributed by atoms with Crippen LogP contribution in [0.5, 0.6) is 17.2 Å². The van der Waals surface area contributed by atoms with E-state index in [-0.39, 0.29) is 12.9 Å². The van der Waals surface area contributed by atoms with Crippen molar-refractivity contribution in [3.05, 3.63) is 39.0 Å². The number of hydrogen-bond donors (Lipinski definition) is 0. The maximum absolute atomic E-state index is 6.41. The summed E-state index contributed by atoms with van der Waals surface area (Å²) in [4.78, 5) is 3.79. The lowest BCUT2D eigenvalue weighted by Crippen LogP contribution is -2.31. The molecule has 4 rings (SSSR count). The Bertz CT molecular complexity index is 714. The molecule has 2 aliphatic heterocycles. The topological polar surface area (TPSA) is 30.9 Å². The number of nitrogens with zero attached hydrogens (tertiary/aromatic N) is 1. The van der Waals surface area contributed by atoms with Crippen molar-refractivity contribution >= 4 is 27.3 Å². The molecule has 0 saturated carbocycles. The molecule has 0 radical (unpaired) electrons. The summed E-state index contributed by atoms with van der Waals surface area (Å²) in [7, 11) is 0. The summed E-state index contributed by atoms with van der Waals surface area (Å²) < 4.78 is 18.6. The van der Waals surface area contributed by atoms with E-state index in [1.807, 2.05) is 18.2 Å². The second kappa shape index (κ2) is 7.98. The summed E-state index contributed by atoms with van der Waals surface area (Å²) in [5.41, 5.74) is 0. The molecule has 0 N–H and O–H groups in total. The molecule has 4 nitrogen and oxygen atoms in total. The predicted octanol–water partition coefficient (Wildman–Crippen LogP) is 5.24. The molecule has 1 saturated heterocycles. The molecule has 25 heavy (non-hydrogen) atoms. The van der Waals surface area contributed by atoms with Gasteiger partial charge in [-0.25, -0.2) is 0 Å². The SMILES string of the molecule is Brc1ccc(C(CCN2CCCCC2)Oc2cccc3c2OCO3)s1. The highest BCUT2D eigenvalue weighted by Gasteiger charge is 2.24. The van der Waals surface area contributed by atoms with Crippen molar-refractivity contribution in [2.75, 3.05) is 26.4 Å². The van der Waals surface area contributed by atoms with Crippen LogP contribution in [0.4, 0.5) is 0 Å². The minimum atomic E-state index is 0.0222. The lowest BCUT2D eigenvalue weighted by molar-refractivity contribution is 0.143. The first-order valence-electron chi connectivity index (χ1n) is 8.82. The van der Waals surface area contributed by atoms with E-state index in [0.29, 0.717) is 0 Å². The Kier molecular flexibility index (Phi) is 5.48. The molecule has 0 aliphatic carbocycles. The third-order valence-corrected chi connectivity index (χ3v) is 6.41. The Morgan fingerprint density at radius 1 is 1.12 bits per heavy atom. The fourth-order valence-corrected chi connectivity index (χ4v) is 4.88. The van der Waals surface area contributed by atoms with Crippen molar-refractivity contribution in [1.29, 1.82) is 0 Å². The first-order chi connectivity index (χ1) is 12.3. The van der Waals surface area contributed by atoms with E-state index in [1.54, 1.807) is 11.3 Å². The van der Waals surface area contributed by atoms with Crippen LogP contribution >= 0.6 is 27.3 Å². The first-order valence-corrected chi connectivity index (χ1v) is 10.4. The highest BCUT2D eigenvalue weighted by molar-refractivity contribution is 9.11. The second-order valence-electron chi connectivity index (χ2n) is 6.43. The van der Waals surface area contributed by atoms with Crippen molar-refractivity contribution in [3.63, 3.8) is 0 Å². The third kappa shape index (κ3) is 4.13. The van der Waals surface area contributed by atoms with Gasteiger partial charge in [0.05, 0.1) is 3.79 Å². The number of likely N-dealkylation sites (tertiary alicyclic amines) is 1. The molecule has 0 bridgehead atoms. The Hall–Kier alpha value is -1.24. The van der Waals surface area contributed by atoms with Crippen LogP contribution in [-0.4, -0.2) is 31.3 Å². The van der Waals surface area contributed by atoms with Gasteiger partial charge in [-0.2, -0.15) is 0 Å². The fourth-order valence-electron chi connectivity index (χ4n) is 3.39. The first kappa shape index (κ1) is 17.2. The van der Waals surface area contributed by atoms with Gasteiger partial charge in [-0.3, -0.25) is 0 Å². The molecule has 2 aromatic rings. The van der Waals surface area contributed by atoms with Gasteiger partial charge in [-0.05, 0) is 66.1 Å². The summed E-state index contributed by atoms with van der Waals surface area (Å²) in [6.07, 6.45) is 4.98. The van der Waals surface area contributed by atoms with E-state index >= 15 is 0 Å². The molecule has 0 spiro atoms. The normalized spacial score (nSPS) is 18.3. The van der Waals surface area contributed by atoms with Gasteiger partial charge >= 0.3 is 0 Å². The zero-order valence-corrected chi connectivity index (χ0v) is 16.5. The second-order valence-corrected chi connectivity index (χ2v) is 8.92. The van der Waals surface area contributed by atoms with Crippen LogP contribution < -0.4 is 14.2 Å². The number of para-hydroxylation sites is 1. The molecular weight excluding hydrogens is 402 g/mol. The van der Waals surface area contributed by atoms with E-state index in [0.717, 1.165) is 34.0 Å². The van der Waals surface area contributed by atoms with Crippen LogP contribution in [0, 0.1) is 0 Å². The maximum atomic E-state index is 6.41. The lowest BCUT2D eigenvalue weighted by atomic mass is 10.1. The van der Waals surface area contributed by atoms with E-state index in [1.165, 1.54) is 37.2 Å². The summed E-state index contributed by atoms with van der Waals surface area (Å²) in [5, 5.41) is 0. The molecule has 134 valence electrons. The summed E-state index contributed by atoms with van der Waals surface area (Å²) in [6.45, 7) is 3.74. The zero-order valence-electron chi connectivity index (χ0n) is 14.1. The van der Waals surface area contributed by atoms with Gasteiger partial charge in [0.2, 0.25) is 12.5 Å². The van der Waals surface area contributed by atoms with Crippen molar-refractivity contribution in [3.8, 4) is 17.2 Å². The van der Waals surface area contributed by atoms with E-state index < -0.39 is 0 Å². The monoisotopic (exact) mass is 423 g/mol. The zero-order chi connectivity index (χ0) is 17.1. The quantitative estimate of drug-likeness (QED) is 0.635. The molecular formula is C19H22BrNO3S. The van der Waals surface area contributed by atoms with Crippen molar-refractivity contribution in [1.82, 2.24) is 4.90 Å². The Balaban J connectivity index is 1.50. The van der Waals surface area contributed by atoms with E-state index in [2.05, 4.69) is 33.0 Å². The van der Waals surface area contributed by atoms with Crippen LogP contribution in [0.1, 0.15) is 36.7 Å². The molecule has 1 aromatic carbocycles. The summed E-state index contributed by atoms with van der Waals surface area (Å²) in [5.74, 6) is 2.25. The van der Waals surface area contributed by atoms with Crippen LogP contribution in [0.15, 0.2) is 34.1 Å². The van der Waals surface area contributed by atoms with Gasteiger partial charge in [0.1, 0.15) is 6.10 Å².